The van der Waals surface area contributed by atoms with Gasteiger partial charge in [0.1, 0.15) is 0 Å². The summed E-state index contributed by atoms with van der Waals surface area (Å²) in [5.74, 6) is 0. The van der Waals surface area contributed by atoms with Crippen molar-refractivity contribution in [1.82, 2.24) is 4.90 Å². The number of non-ortho nitro benzene ring substituents is 1. The third-order valence-corrected chi connectivity index (χ3v) is 3.33. The summed E-state index contributed by atoms with van der Waals surface area (Å²) in [5.41, 5.74) is 7.42. The van der Waals surface area contributed by atoms with Crippen LogP contribution in [-0.2, 0) is 6.54 Å². The van der Waals surface area contributed by atoms with E-state index < -0.39 is 0 Å². The lowest BCUT2D eigenvalue weighted by molar-refractivity contribution is -0.384. The van der Waals surface area contributed by atoms with Gasteiger partial charge in [-0.3, -0.25) is 15.0 Å². The summed E-state index contributed by atoms with van der Waals surface area (Å²) in [5, 5.41) is 10.8. The lowest BCUT2D eigenvalue weighted by atomic mass is 10.1. The topological polar surface area (TPSA) is 72.4 Å². The van der Waals surface area contributed by atoms with Gasteiger partial charge in [0.05, 0.1) is 4.92 Å². The van der Waals surface area contributed by atoms with Gasteiger partial charge >= 0.3 is 0 Å². The molecule has 0 aliphatic rings. The predicted molar refractivity (Wildman–Crippen MR) is 73.3 cm³/mol. The van der Waals surface area contributed by atoms with Crippen LogP contribution in [0.25, 0.3) is 0 Å². The molecule has 0 spiro atoms. The first-order chi connectivity index (χ1) is 8.49. The van der Waals surface area contributed by atoms with Crippen LogP contribution in [0.15, 0.2) is 18.2 Å². The Labute approximate surface area is 108 Å². The zero-order valence-electron chi connectivity index (χ0n) is 11.2. The summed E-state index contributed by atoms with van der Waals surface area (Å²) in [7, 11) is 0. The van der Waals surface area contributed by atoms with Gasteiger partial charge in [0.25, 0.3) is 5.69 Å². The van der Waals surface area contributed by atoms with Crippen molar-refractivity contribution in [2.75, 3.05) is 12.3 Å². The Kier molecular flexibility index (Phi) is 5.09. The SMILES string of the molecule is CCC(C)N(CC)Cc1cc([N+](=O)[O-])ccc1N. The van der Waals surface area contributed by atoms with Crippen molar-refractivity contribution in [3.63, 3.8) is 0 Å². The number of benzene rings is 1. The number of hydrogen-bond donors (Lipinski definition) is 1. The Hall–Kier alpha value is -1.62. The first-order valence-electron chi connectivity index (χ1n) is 6.26. The first-order valence-corrected chi connectivity index (χ1v) is 6.26. The van der Waals surface area contributed by atoms with E-state index in [-0.39, 0.29) is 10.6 Å². The lowest BCUT2D eigenvalue weighted by Gasteiger charge is -2.27. The molecule has 18 heavy (non-hydrogen) atoms. The standard InChI is InChI=1S/C13H21N3O2/c1-4-10(3)15(5-2)9-11-8-12(16(17)18)6-7-13(11)14/h6-8,10H,4-5,9,14H2,1-3H3. The van der Waals surface area contributed by atoms with E-state index in [1.807, 2.05) is 0 Å². The van der Waals surface area contributed by atoms with Crippen molar-refractivity contribution in [2.24, 2.45) is 0 Å². The molecule has 1 aromatic rings. The predicted octanol–water partition coefficient (Wildman–Crippen LogP) is 2.80. The van der Waals surface area contributed by atoms with Gasteiger partial charge in [0, 0.05) is 30.4 Å². The molecule has 0 amide bonds. The summed E-state index contributed by atoms with van der Waals surface area (Å²) in [4.78, 5) is 12.6. The average molecular weight is 251 g/mol. The number of hydrogen-bond acceptors (Lipinski definition) is 4. The van der Waals surface area contributed by atoms with Crippen LogP contribution in [0.3, 0.4) is 0 Å². The fourth-order valence-corrected chi connectivity index (χ4v) is 1.90. The molecule has 5 nitrogen and oxygen atoms in total. The van der Waals surface area contributed by atoms with Crippen LogP contribution in [0.4, 0.5) is 11.4 Å². The van der Waals surface area contributed by atoms with Gasteiger partial charge in [-0.15, -0.1) is 0 Å². The van der Waals surface area contributed by atoms with E-state index in [2.05, 4.69) is 25.7 Å². The Bertz CT molecular complexity index is 421. The highest BCUT2D eigenvalue weighted by atomic mass is 16.6. The normalized spacial score (nSPS) is 12.7. The zero-order valence-corrected chi connectivity index (χ0v) is 11.2. The highest BCUT2D eigenvalue weighted by molar-refractivity contribution is 5.52. The lowest BCUT2D eigenvalue weighted by Crippen LogP contribution is -2.32. The van der Waals surface area contributed by atoms with E-state index in [0.29, 0.717) is 18.3 Å². The van der Waals surface area contributed by atoms with Crippen LogP contribution in [0.1, 0.15) is 32.8 Å². The quantitative estimate of drug-likeness (QED) is 0.479. The van der Waals surface area contributed by atoms with Gasteiger partial charge in [0.2, 0.25) is 0 Å². The van der Waals surface area contributed by atoms with Crippen molar-refractivity contribution in [3.8, 4) is 0 Å². The van der Waals surface area contributed by atoms with Crippen LogP contribution in [-0.4, -0.2) is 22.4 Å². The van der Waals surface area contributed by atoms with Gasteiger partial charge in [-0.05, 0) is 31.5 Å². The first kappa shape index (κ1) is 14.4. The Morgan fingerprint density at radius 1 is 1.44 bits per heavy atom. The number of nitrogens with two attached hydrogens (primary N) is 1. The second kappa shape index (κ2) is 6.35. The summed E-state index contributed by atoms with van der Waals surface area (Å²) in [6, 6.07) is 5.06. The molecular formula is C13H21N3O2. The van der Waals surface area contributed by atoms with Crippen molar-refractivity contribution in [3.05, 3.63) is 33.9 Å². The largest absolute Gasteiger partial charge is 0.398 e. The average Bonchev–Trinajstić information content (AvgIpc) is 2.36. The van der Waals surface area contributed by atoms with Gasteiger partial charge in [-0.1, -0.05) is 13.8 Å². The maximum atomic E-state index is 10.8. The minimum absolute atomic E-state index is 0.0967. The molecule has 0 aliphatic carbocycles. The smallest absolute Gasteiger partial charge is 0.269 e. The van der Waals surface area contributed by atoms with E-state index in [9.17, 15) is 10.1 Å². The molecule has 1 aromatic carbocycles. The summed E-state index contributed by atoms with van der Waals surface area (Å²) in [6.07, 6.45) is 1.04. The Morgan fingerprint density at radius 2 is 2.11 bits per heavy atom. The monoisotopic (exact) mass is 251 g/mol. The van der Waals surface area contributed by atoms with Gasteiger partial charge < -0.3 is 5.73 Å². The molecule has 0 aromatic heterocycles. The van der Waals surface area contributed by atoms with E-state index in [1.54, 1.807) is 12.1 Å². The molecule has 1 unspecified atom stereocenters. The number of rotatable bonds is 6. The Balaban J connectivity index is 2.94. The third-order valence-electron chi connectivity index (χ3n) is 3.33. The van der Waals surface area contributed by atoms with E-state index in [4.69, 9.17) is 5.73 Å². The van der Waals surface area contributed by atoms with Crippen LogP contribution in [0.5, 0.6) is 0 Å². The van der Waals surface area contributed by atoms with Crippen molar-refractivity contribution < 1.29 is 4.92 Å². The molecule has 0 fully saturated rings. The summed E-state index contributed by atoms with van der Waals surface area (Å²) >= 11 is 0. The fraction of sp³-hybridized carbons (Fsp3) is 0.538. The minimum Gasteiger partial charge on any atom is -0.398 e. The van der Waals surface area contributed by atoms with Crippen LogP contribution in [0.2, 0.25) is 0 Å². The minimum atomic E-state index is -0.386. The molecule has 0 aliphatic heterocycles. The van der Waals surface area contributed by atoms with E-state index in [1.165, 1.54) is 6.07 Å². The van der Waals surface area contributed by atoms with E-state index in [0.717, 1.165) is 18.5 Å². The van der Waals surface area contributed by atoms with Crippen molar-refractivity contribution >= 4 is 11.4 Å². The van der Waals surface area contributed by atoms with Crippen LogP contribution in [0, 0.1) is 10.1 Å². The molecule has 0 heterocycles. The molecule has 0 radical (unpaired) electrons. The van der Waals surface area contributed by atoms with E-state index >= 15 is 0 Å². The molecule has 100 valence electrons. The number of nitro groups is 1. The molecule has 0 saturated heterocycles. The number of anilines is 1. The maximum absolute atomic E-state index is 10.8. The molecule has 0 bridgehead atoms. The molecule has 1 rings (SSSR count). The van der Waals surface area contributed by atoms with Crippen molar-refractivity contribution in [1.29, 1.82) is 0 Å². The second-order valence-electron chi connectivity index (χ2n) is 4.46. The van der Waals surface area contributed by atoms with Crippen LogP contribution >= 0.6 is 0 Å². The highest BCUT2D eigenvalue weighted by Crippen LogP contribution is 2.22. The molecular weight excluding hydrogens is 230 g/mol. The third kappa shape index (κ3) is 3.43. The number of nitro benzene ring substituents is 1. The molecule has 0 saturated carbocycles. The maximum Gasteiger partial charge on any atom is 0.269 e. The number of nitrogen functional groups attached to an aromatic ring is 1. The fourth-order valence-electron chi connectivity index (χ4n) is 1.90. The molecule has 1 atom stereocenters. The summed E-state index contributed by atoms with van der Waals surface area (Å²) < 4.78 is 0. The van der Waals surface area contributed by atoms with Gasteiger partial charge in [-0.2, -0.15) is 0 Å². The Morgan fingerprint density at radius 3 is 2.61 bits per heavy atom. The number of nitrogens with zero attached hydrogens (tertiary/aromatic N) is 2. The summed E-state index contributed by atoms with van der Waals surface area (Å²) in [6.45, 7) is 7.91. The van der Waals surface area contributed by atoms with Crippen LogP contribution < -0.4 is 5.73 Å². The highest BCUT2D eigenvalue weighted by Gasteiger charge is 2.14. The molecule has 5 heteroatoms. The molecule has 2 N–H and O–H groups in total. The van der Waals surface area contributed by atoms with Gasteiger partial charge in [-0.25, -0.2) is 0 Å². The zero-order chi connectivity index (χ0) is 13.7. The van der Waals surface area contributed by atoms with Gasteiger partial charge in [0.15, 0.2) is 0 Å². The van der Waals surface area contributed by atoms with Crippen molar-refractivity contribution in [2.45, 2.75) is 39.8 Å². The second-order valence-corrected chi connectivity index (χ2v) is 4.46.